The van der Waals surface area contributed by atoms with Gasteiger partial charge in [-0.3, -0.25) is 4.79 Å². The van der Waals surface area contributed by atoms with Gasteiger partial charge in [-0.1, -0.05) is 11.6 Å². The van der Waals surface area contributed by atoms with Gasteiger partial charge in [0.1, 0.15) is 5.75 Å². The Morgan fingerprint density at radius 2 is 1.92 bits per heavy atom. The standard InChI is InChI=1S/C26H26ClF3N6O3/c1-38-22-13-16(25(37)35-8-10-39-11-9-35)2-5-20(22)32-23-14-21-24(34-33-23)31-6-7-36(21)15-17-12-18(27)3-4-19(17)26(28,29)30/h2-5,12-14H,6-11,15H2,1H3,(H,31,34)(H,32,33). The molecule has 0 bridgehead atoms. The quantitative estimate of drug-likeness (QED) is 0.442. The SMILES string of the molecule is COc1cc(C(=O)N2CCOCC2)ccc1Nc1cc2c(nn1)NCCN2Cc1cc(Cl)ccc1C(F)(F)F. The highest BCUT2D eigenvalue weighted by Crippen LogP contribution is 2.37. The minimum Gasteiger partial charge on any atom is -0.495 e. The first-order valence-corrected chi connectivity index (χ1v) is 12.6. The van der Waals surface area contributed by atoms with Crippen molar-refractivity contribution < 1.29 is 27.4 Å². The summed E-state index contributed by atoms with van der Waals surface area (Å²) in [6, 6.07) is 10.3. The van der Waals surface area contributed by atoms with Gasteiger partial charge in [0.2, 0.25) is 0 Å². The minimum atomic E-state index is -4.51. The molecule has 1 fully saturated rings. The van der Waals surface area contributed by atoms with Crippen molar-refractivity contribution in [3.8, 4) is 5.75 Å². The minimum absolute atomic E-state index is 0.0170. The molecule has 0 spiro atoms. The fourth-order valence-electron chi connectivity index (χ4n) is 4.59. The van der Waals surface area contributed by atoms with Crippen LogP contribution in [0.5, 0.6) is 5.75 Å². The Morgan fingerprint density at radius 3 is 2.67 bits per heavy atom. The summed E-state index contributed by atoms with van der Waals surface area (Å²) in [6.45, 7) is 2.97. The van der Waals surface area contributed by atoms with Gasteiger partial charge in [0.25, 0.3) is 5.91 Å². The number of hydrogen-bond acceptors (Lipinski definition) is 8. The van der Waals surface area contributed by atoms with Crippen molar-refractivity contribution in [2.45, 2.75) is 12.7 Å². The summed E-state index contributed by atoms with van der Waals surface area (Å²) in [5.74, 6) is 1.13. The fourth-order valence-corrected chi connectivity index (χ4v) is 4.79. The number of hydrogen-bond donors (Lipinski definition) is 2. The number of anilines is 4. The predicted octanol–water partition coefficient (Wildman–Crippen LogP) is 4.81. The zero-order valence-corrected chi connectivity index (χ0v) is 21.8. The number of ether oxygens (including phenoxy) is 2. The third-order valence-corrected chi connectivity index (χ3v) is 6.77. The molecule has 2 aromatic carbocycles. The van der Waals surface area contributed by atoms with E-state index in [-0.39, 0.29) is 23.0 Å². The second kappa shape index (κ2) is 11.1. The van der Waals surface area contributed by atoms with Crippen LogP contribution in [0.4, 0.5) is 36.2 Å². The lowest BCUT2D eigenvalue weighted by atomic mass is 10.1. The Bertz CT molecular complexity index is 1370. The van der Waals surface area contributed by atoms with Gasteiger partial charge in [0.05, 0.1) is 37.3 Å². The molecule has 0 radical (unpaired) electrons. The van der Waals surface area contributed by atoms with E-state index in [1.807, 2.05) is 0 Å². The number of carbonyl (C=O) groups excluding carboxylic acids is 1. The molecule has 9 nitrogen and oxygen atoms in total. The van der Waals surface area contributed by atoms with E-state index in [1.165, 1.54) is 19.2 Å². The van der Waals surface area contributed by atoms with Crippen molar-refractivity contribution in [2.24, 2.45) is 0 Å². The number of aromatic nitrogens is 2. The number of amides is 1. The first kappa shape index (κ1) is 26.8. The van der Waals surface area contributed by atoms with E-state index in [2.05, 4.69) is 20.8 Å². The van der Waals surface area contributed by atoms with Crippen LogP contribution in [0.25, 0.3) is 0 Å². The van der Waals surface area contributed by atoms with Gasteiger partial charge in [0.15, 0.2) is 11.6 Å². The number of nitrogens with one attached hydrogen (secondary N) is 2. The number of nitrogens with zero attached hydrogens (tertiary/aromatic N) is 4. The van der Waals surface area contributed by atoms with E-state index >= 15 is 0 Å². The lowest BCUT2D eigenvalue weighted by molar-refractivity contribution is -0.138. The van der Waals surface area contributed by atoms with Gasteiger partial charge in [-0.05, 0) is 42.0 Å². The number of fused-ring (bicyclic) bond motifs is 1. The highest BCUT2D eigenvalue weighted by molar-refractivity contribution is 6.30. The average molecular weight is 563 g/mol. The van der Waals surface area contributed by atoms with E-state index in [4.69, 9.17) is 21.1 Å². The van der Waals surface area contributed by atoms with E-state index < -0.39 is 11.7 Å². The molecule has 39 heavy (non-hydrogen) atoms. The largest absolute Gasteiger partial charge is 0.495 e. The zero-order valence-electron chi connectivity index (χ0n) is 21.0. The van der Waals surface area contributed by atoms with Gasteiger partial charge in [-0.15, -0.1) is 10.2 Å². The topological polar surface area (TPSA) is 91.8 Å². The average Bonchev–Trinajstić information content (AvgIpc) is 2.93. The van der Waals surface area contributed by atoms with Crippen molar-refractivity contribution in [3.05, 3.63) is 64.2 Å². The number of rotatable bonds is 6. The Labute approximate surface area is 227 Å². The van der Waals surface area contributed by atoms with Crippen LogP contribution in [0, 0.1) is 0 Å². The number of halogens is 4. The molecular formula is C26H26ClF3N6O3. The summed E-state index contributed by atoms with van der Waals surface area (Å²) in [6.07, 6.45) is -4.51. The van der Waals surface area contributed by atoms with E-state index in [0.29, 0.717) is 73.7 Å². The number of carbonyl (C=O) groups is 1. The fraction of sp³-hybridized carbons (Fsp3) is 0.346. The van der Waals surface area contributed by atoms with E-state index in [9.17, 15) is 18.0 Å². The van der Waals surface area contributed by atoms with Crippen molar-refractivity contribution >= 4 is 40.5 Å². The van der Waals surface area contributed by atoms with Crippen molar-refractivity contribution in [1.82, 2.24) is 15.1 Å². The maximum Gasteiger partial charge on any atom is 0.416 e. The van der Waals surface area contributed by atoms with Gasteiger partial charge in [-0.2, -0.15) is 13.2 Å². The smallest absolute Gasteiger partial charge is 0.416 e. The molecule has 2 aliphatic rings. The monoisotopic (exact) mass is 562 g/mol. The third-order valence-electron chi connectivity index (χ3n) is 6.53. The summed E-state index contributed by atoms with van der Waals surface area (Å²) < 4.78 is 51.8. The summed E-state index contributed by atoms with van der Waals surface area (Å²) in [4.78, 5) is 16.4. The molecule has 1 aromatic heterocycles. The Kier molecular flexibility index (Phi) is 7.67. The van der Waals surface area contributed by atoms with Crippen LogP contribution in [0.15, 0.2) is 42.5 Å². The second-order valence-corrected chi connectivity index (χ2v) is 9.49. The van der Waals surface area contributed by atoms with Crippen LogP contribution < -0.4 is 20.3 Å². The molecule has 3 aromatic rings. The summed E-state index contributed by atoms with van der Waals surface area (Å²) in [5.41, 5.74) is 0.952. The molecule has 5 rings (SSSR count). The number of benzene rings is 2. The van der Waals surface area contributed by atoms with E-state index in [0.717, 1.165) is 6.07 Å². The second-order valence-electron chi connectivity index (χ2n) is 9.06. The molecule has 13 heteroatoms. The Balaban J connectivity index is 1.39. The Morgan fingerprint density at radius 1 is 1.13 bits per heavy atom. The van der Waals surface area contributed by atoms with Crippen molar-refractivity contribution in [3.63, 3.8) is 0 Å². The molecule has 3 heterocycles. The van der Waals surface area contributed by atoms with Crippen LogP contribution in [0.1, 0.15) is 21.5 Å². The summed E-state index contributed by atoms with van der Waals surface area (Å²) >= 11 is 6.03. The molecule has 0 saturated carbocycles. The number of alkyl halides is 3. The van der Waals surface area contributed by atoms with Gasteiger partial charge in [-0.25, -0.2) is 0 Å². The van der Waals surface area contributed by atoms with Crippen molar-refractivity contribution in [2.75, 3.05) is 62.0 Å². The van der Waals surface area contributed by atoms with E-state index in [1.54, 1.807) is 34.1 Å². The molecule has 0 atom stereocenters. The molecule has 1 amide bonds. The molecule has 206 valence electrons. The third kappa shape index (κ3) is 5.96. The number of methoxy groups -OCH3 is 1. The highest BCUT2D eigenvalue weighted by atomic mass is 35.5. The first-order valence-electron chi connectivity index (χ1n) is 12.3. The molecule has 0 aliphatic carbocycles. The number of morpholine rings is 1. The molecule has 2 aliphatic heterocycles. The van der Waals surface area contributed by atoms with Gasteiger partial charge >= 0.3 is 6.18 Å². The van der Waals surface area contributed by atoms with Crippen LogP contribution in [-0.4, -0.2) is 67.5 Å². The zero-order chi connectivity index (χ0) is 27.6. The summed E-state index contributed by atoms with van der Waals surface area (Å²) in [7, 11) is 1.50. The summed E-state index contributed by atoms with van der Waals surface area (Å²) in [5, 5.41) is 15.0. The predicted molar refractivity (Wildman–Crippen MR) is 141 cm³/mol. The van der Waals surface area contributed by atoms with Gasteiger partial charge < -0.3 is 29.9 Å². The van der Waals surface area contributed by atoms with Crippen LogP contribution in [-0.2, 0) is 17.5 Å². The normalized spacial score (nSPS) is 15.4. The van der Waals surface area contributed by atoms with Crippen LogP contribution in [0.3, 0.4) is 0 Å². The Hall–Kier alpha value is -3.77. The van der Waals surface area contributed by atoms with Gasteiger partial charge in [0, 0.05) is 49.4 Å². The van der Waals surface area contributed by atoms with Crippen LogP contribution >= 0.6 is 11.6 Å². The molecule has 1 saturated heterocycles. The maximum atomic E-state index is 13.6. The highest BCUT2D eigenvalue weighted by Gasteiger charge is 2.34. The lowest BCUT2D eigenvalue weighted by Crippen LogP contribution is -2.40. The molecule has 2 N–H and O–H groups in total. The lowest BCUT2D eigenvalue weighted by Gasteiger charge is -2.32. The van der Waals surface area contributed by atoms with Crippen LogP contribution in [0.2, 0.25) is 5.02 Å². The molecular weight excluding hydrogens is 537 g/mol. The van der Waals surface area contributed by atoms with Crippen molar-refractivity contribution in [1.29, 1.82) is 0 Å². The first-order chi connectivity index (χ1) is 18.7. The molecule has 0 unspecified atom stereocenters. The maximum absolute atomic E-state index is 13.6.